The molecule has 0 atom stereocenters. The van der Waals surface area contributed by atoms with Crippen LogP contribution in [0.4, 0.5) is 0 Å². The number of hydrogen-bond acceptors (Lipinski definition) is 6. The van der Waals surface area contributed by atoms with Crippen molar-refractivity contribution in [1.29, 1.82) is 0 Å². The lowest BCUT2D eigenvalue weighted by atomic mass is 10.2. The summed E-state index contributed by atoms with van der Waals surface area (Å²) >= 11 is 0. The lowest BCUT2D eigenvalue weighted by Gasteiger charge is -2.11. The predicted molar refractivity (Wildman–Crippen MR) is 87.8 cm³/mol. The van der Waals surface area contributed by atoms with Crippen molar-refractivity contribution >= 4 is 15.9 Å². The largest absolute Gasteiger partial charge is 0.412 e. The topological polar surface area (TPSA) is 105 Å². The number of aromatic nitrogens is 2. The van der Waals surface area contributed by atoms with E-state index in [4.69, 9.17) is 4.42 Å². The van der Waals surface area contributed by atoms with Crippen molar-refractivity contribution in [1.82, 2.24) is 19.8 Å². The minimum absolute atomic E-state index is 0.129. The lowest BCUT2D eigenvalue weighted by Crippen LogP contribution is -2.27. The fourth-order valence-corrected chi connectivity index (χ4v) is 2.69. The van der Waals surface area contributed by atoms with Gasteiger partial charge in [0.2, 0.25) is 15.9 Å². The molecule has 0 saturated carbocycles. The Morgan fingerprint density at radius 1 is 1.21 bits per heavy atom. The number of carbonyl (C=O) groups excluding carboxylic acids is 1. The van der Waals surface area contributed by atoms with Crippen LogP contribution >= 0.6 is 0 Å². The fraction of sp³-hybridized carbons (Fsp3) is 0.400. The molecule has 1 aromatic heterocycles. The summed E-state index contributed by atoms with van der Waals surface area (Å²) in [6, 6.07) is 6.01. The Kier molecular flexibility index (Phi) is 5.35. The van der Waals surface area contributed by atoms with Crippen LogP contribution in [-0.4, -0.2) is 49.5 Å². The van der Waals surface area contributed by atoms with E-state index in [0.29, 0.717) is 18.0 Å². The molecule has 0 aliphatic carbocycles. The second kappa shape index (κ2) is 7.10. The normalized spacial score (nSPS) is 11.9. The van der Waals surface area contributed by atoms with E-state index in [2.05, 4.69) is 15.5 Å². The highest BCUT2D eigenvalue weighted by Gasteiger charge is 2.19. The average Bonchev–Trinajstić information content (AvgIpc) is 3.02. The molecule has 0 unspecified atom stereocenters. The zero-order valence-electron chi connectivity index (χ0n) is 14.0. The summed E-state index contributed by atoms with van der Waals surface area (Å²) in [6.45, 7) is 4.46. The summed E-state index contributed by atoms with van der Waals surface area (Å²) in [7, 11) is -0.574. The number of amides is 1. The minimum Gasteiger partial charge on any atom is -0.412 e. The number of nitrogens with zero attached hydrogens (tertiary/aromatic N) is 3. The van der Waals surface area contributed by atoms with Gasteiger partial charge in [0.25, 0.3) is 0 Å². The van der Waals surface area contributed by atoms with Crippen molar-refractivity contribution in [2.75, 3.05) is 20.6 Å². The number of rotatable bonds is 6. The highest BCUT2D eigenvalue weighted by atomic mass is 32.2. The van der Waals surface area contributed by atoms with Gasteiger partial charge in [0, 0.05) is 26.2 Å². The van der Waals surface area contributed by atoms with Crippen LogP contribution in [0.25, 0.3) is 11.5 Å². The highest BCUT2D eigenvalue weighted by Crippen LogP contribution is 2.21. The number of nitrogens with one attached hydrogen (secondary N) is 1. The minimum atomic E-state index is -3.50. The summed E-state index contributed by atoms with van der Waals surface area (Å²) in [5.41, 5.74) is 0.531. The number of sulfonamides is 1. The molecule has 8 nitrogen and oxygen atoms in total. The first-order valence-electron chi connectivity index (χ1n) is 7.36. The van der Waals surface area contributed by atoms with Gasteiger partial charge in [-0.1, -0.05) is 13.8 Å². The molecule has 1 heterocycles. The quantitative estimate of drug-likeness (QED) is 0.842. The van der Waals surface area contributed by atoms with E-state index in [1.807, 2.05) is 13.8 Å². The Hall–Kier alpha value is -2.26. The van der Waals surface area contributed by atoms with Gasteiger partial charge in [-0.05, 0) is 30.2 Å². The standard InChI is InChI=1S/C15H20N4O4S/c1-10(2)9-16-13(20)15-18-17-14(23-15)11-5-7-12(8-6-11)24(21,22)19(3)4/h5-8,10H,9H2,1-4H3,(H,16,20). The van der Waals surface area contributed by atoms with Crippen molar-refractivity contribution in [3.05, 3.63) is 30.2 Å². The second-order valence-corrected chi connectivity index (χ2v) is 7.98. The molecule has 0 radical (unpaired) electrons. The van der Waals surface area contributed by atoms with Crippen LogP contribution in [0.15, 0.2) is 33.6 Å². The molecular formula is C15H20N4O4S. The van der Waals surface area contributed by atoms with E-state index in [1.54, 1.807) is 12.1 Å². The molecule has 9 heteroatoms. The summed E-state index contributed by atoms with van der Waals surface area (Å²) in [4.78, 5) is 12.0. The van der Waals surface area contributed by atoms with Crippen molar-refractivity contribution in [3.63, 3.8) is 0 Å². The van der Waals surface area contributed by atoms with E-state index in [9.17, 15) is 13.2 Å². The Labute approximate surface area is 140 Å². The lowest BCUT2D eigenvalue weighted by molar-refractivity contribution is 0.0915. The van der Waals surface area contributed by atoms with Crippen LogP contribution in [0.2, 0.25) is 0 Å². The van der Waals surface area contributed by atoms with E-state index in [-0.39, 0.29) is 16.7 Å². The second-order valence-electron chi connectivity index (χ2n) is 5.83. The third-order valence-electron chi connectivity index (χ3n) is 3.17. The van der Waals surface area contributed by atoms with Crippen LogP contribution in [0.5, 0.6) is 0 Å². The maximum Gasteiger partial charge on any atom is 0.308 e. The molecule has 0 bridgehead atoms. The molecule has 0 aliphatic heterocycles. The van der Waals surface area contributed by atoms with Crippen LogP contribution in [-0.2, 0) is 10.0 Å². The third-order valence-corrected chi connectivity index (χ3v) is 5.00. The summed E-state index contributed by atoms with van der Waals surface area (Å²) in [5, 5.41) is 10.2. The molecular weight excluding hydrogens is 332 g/mol. The van der Waals surface area contributed by atoms with Crippen LogP contribution in [0.3, 0.4) is 0 Å². The van der Waals surface area contributed by atoms with Gasteiger partial charge < -0.3 is 9.73 Å². The first-order chi connectivity index (χ1) is 11.2. The fourth-order valence-electron chi connectivity index (χ4n) is 1.78. The number of carbonyl (C=O) groups is 1. The molecule has 2 rings (SSSR count). The molecule has 1 aromatic carbocycles. The zero-order chi connectivity index (χ0) is 17.9. The van der Waals surface area contributed by atoms with Gasteiger partial charge in [0.1, 0.15) is 0 Å². The Morgan fingerprint density at radius 2 is 1.83 bits per heavy atom. The molecule has 0 saturated heterocycles. The van der Waals surface area contributed by atoms with E-state index >= 15 is 0 Å². The van der Waals surface area contributed by atoms with E-state index in [0.717, 1.165) is 4.31 Å². The van der Waals surface area contributed by atoms with Crippen molar-refractivity contribution in [2.45, 2.75) is 18.7 Å². The highest BCUT2D eigenvalue weighted by molar-refractivity contribution is 7.89. The average molecular weight is 352 g/mol. The zero-order valence-corrected chi connectivity index (χ0v) is 14.8. The van der Waals surface area contributed by atoms with Gasteiger partial charge >= 0.3 is 11.8 Å². The maximum absolute atomic E-state index is 12.0. The van der Waals surface area contributed by atoms with E-state index in [1.165, 1.54) is 26.2 Å². The van der Waals surface area contributed by atoms with Gasteiger partial charge in [0.15, 0.2) is 0 Å². The van der Waals surface area contributed by atoms with E-state index < -0.39 is 15.9 Å². The third kappa shape index (κ3) is 3.98. The molecule has 130 valence electrons. The number of hydrogen-bond donors (Lipinski definition) is 1. The van der Waals surface area contributed by atoms with Gasteiger partial charge in [-0.15, -0.1) is 10.2 Å². The van der Waals surface area contributed by atoms with Crippen molar-refractivity contribution in [2.24, 2.45) is 5.92 Å². The van der Waals surface area contributed by atoms with Crippen molar-refractivity contribution < 1.29 is 17.6 Å². The molecule has 1 amide bonds. The van der Waals surface area contributed by atoms with Crippen LogP contribution < -0.4 is 5.32 Å². The number of benzene rings is 1. The Balaban J connectivity index is 2.17. The van der Waals surface area contributed by atoms with Gasteiger partial charge in [-0.25, -0.2) is 12.7 Å². The Morgan fingerprint density at radius 3 is 2.38 bits per heavy atom. The molecule has 0 spiro atoms. The van der Waals surface area contributed by atoms with Crippen LogP contribution in [0, 0.1) is 5.92 Å². The Bertz CT molecular complexity index is 810. The van der Waals surface area contributed by atoms with Gasteiger partial charge in [0.05, 0.1) is 4.90 Å². The molecule has 0 fully saturated rings. The van der Waals surface area contributed by atoms with Gasteiger partial charge in [-0.3, -0.25) is 4.79 Å². The van der Waals surface area contributed by atoms with Crippen molar-refractivity contribution in [3.8, 4) is 11.5 Å². The molecule has 2 aromatic rings. The van der Waals surface area contributed by atoms with Gasteiger partial charge in [-0.2, -0.15) is 0 Å². The molecule has 0 aliphatic rings. The molecule has 24 heavy (non-hydrogen) atoms. The monoisotopic (exact) mass is 352 g/mol. The summed E-state index contributed by atoms with van der Waals surface area (Å²) in [5.74, 6) is -0.106. The van der Waals surface area contributed by atoms with Crippen LogP contribution in [0.1, 0.15) is 24.5 Å². The molecule has 1 N–H and O–H groups in total. The predicted octanol–water partition coefficient (Wildman–Crippen LogP) is 1.37. The SMILES string of the molecule is CC(C)CNC(=O)c1nnc(-c2ccc(S(=O)(=O)N(C)C)cc2)o1. The summed E-state index contributed by atoms with van der Waals surface area (Å²) < 4.78 is 30.5. The maximum atomic E-state index is 12.0. The smallest absolute Gasteiger partial charge is 0.308 e. The summed E-state index contributed by atoms with van der Waals surface area (Å²) in [6.07, 6.45) is 0. The first-order valence-corrected chi connectivity index (χ1v) is 8.80. The first kappa shape index (κ1) is 18.1.